The van der Waals surface area contributed by atoms with Crippen LogP contribution in [0.1, 0.15) is 27.3 Å². The van der Waals surface area contributed by atoms with E-state index in [0.29, 0.717) is 40.6 Å². The van der Waals surface area contributed by atoms with Gasteiger partial charge in [-0.1, -0.05) is 60.8 Å². The lowest BCUT2D eigenvalue weighted by Crippen LogP contribution is -2.38. The van der Waals surface area contributed by atoms with E-state index in [0.717, 1.165) is 27.4 Å². The number of fused-ring (bicyclic) bond motifs is 1. The number of nitrogens with two attached hydrogens (primary N) is 2. The second-order valence-corrected chi connectivity index (χ2v) is 11.9. The number of amidine groups is 1. The van der Waals surface area contributed by atoms with Crippen molar-refractivity contribution in [2.75, 3.05) is 18.5 Å². The number of hydrogen-bond acceptors (Lipinski definition) is 6. The number of aliphatic imine (C=N–C) groups is 1. The van der Waals surface area contributed by atoms with Gasteiger partial charge in [-0.25, -0.2) is 18.2 Å². The maximum atomic E-state index is 13.9. The first kappa shape index (κ1) is 27.4. The van der Waals surface area contributed by atoms with Crippen LogP contribution in [0.25, 0.3) is 21.7 Å². The molecule has 2 heterocycles. The van der Waals surface area contributed by atoms with E-state index in [1.807, 2.05) is 43.3 Å². The number of nitrogens with zero attached hydrogens (tertiary/aromatic N) is 4. The molecule has 1 aliphatic rings. The summed E-state index contributed by atoms with van der Waals surface area (Å²) in [7, 11) is -2.27. The summed E-state index contributed by atoms with van der Waals surface area (Å²) in [6, 6.07) is 21.4. The summed E-state index contributed by atoms with van der Waals surface area (Å²) in [5, 5.41) is 10.5. The third kappa shape index (κ3) is 5.18. The second-order valence-electron chi connectivity index (χ2n) is 9.26. The van der Waals surface area contributed by atoms with E-state index >= 15 is 0 Å². The Morgan fingerprint density at radius 1 is 1.05 bits per heavy atom. The van der Waals surface area contributed by atoms with Crippen LogP contribution in [-0.2, 0) is 16.4 Å². The average molecular weight is 573 g/mol. The van der Waals surface area contributed by atoms with Crippen LogP contribution in [0.2, 0.25) is 0 Å². The molecular formula is C29H28N6O3S2. The van der Waals surface area contributed by atoms with Crippen molar-refractivity contribution in [1.29, 1.82) is 0 Å². The fourth-order valence-electron chi connectivity index (χ4n) is 4.78. The SMILES string of the molecule is C=C(SC(N)=NC)c1cccc(-n2nc(C)c3c2C(=O)N(c2ccc(-c4ccccc4S(N)(=O)=O)cc2)CC3)c1. The van der Waals surface area contributed by atoms with Gasteiger partial charge in [0.1, 0.15) is 5.69 Å². The highest BCUT2D eigenvalue weighted by atomic mass is 32.2. The number of aromatic nitrogens is 2. The third-order valence-corrected chi connectivity index (χ3v) is 8.60. The van der Waals surface area contributed by atoms with Crippen molar-refractivity contribution in [2.24, 2.45) is 15.9 Å². The van der Waals surface area contributed by atoms with Crippen LogP contribution in [0.15, 0.2) is 89.3 Å². The maximum Gasteiger partial charge on any atom is 0.277 e. The summed E-state index contributed by atoms with van der Waals surface area (Å²) in [6.45, 7) is 6.52. The van der Waals surface area contributed by atoms with E-state index in [4.69, 9.17) is 16.0 Å². The lowest BCUT2D eigenvalue weighted by atomic mass is 10.0. The number of hydrogen-bond donors (Lipinski definition) is 2. The highest BCUT2D eigenvalue weighted by Gasteiger charge is 2.32. The molecule has 4 aromatic rings. The summed E-state index contributed by atoms with van der Waals surface area (Å²) < 4.78 is 25.8. The number of aryl methyl sites for hydroxylation is 1. The maximum absolute atomic E-state index is 13.9. The molecule has 0 radical (unpaired) electrons. The average Bonchev–Trinajstić information content (AvgIpc) is 3.30. The summed E-state index contributed by atoms with van der Waals surface area (Å²) in [6.07, 6.45) is 0.647. The van der Waals surface area contributed by atoms with Crippen molar-refractivity contribution >= 4 is 43.5 Å². The topological polar surface area (TPSA) is 137 Å². The minimum Gasteiger partial charge on any atom is -0.378 e. The Hall–Kier alpha value is -4.19. The van der Waals surface area contributed by atoms with Crippen LogP contribution in [-0.4, -0.2) is 42.9 Å². The molecule has 11 heteroatoms. The van der Waals surface area contributed by atoms with Crippen LogP contribution in [0, 0.1) is 6.92 Å². The summed E-state index contributed by atoms with van der Waals surface area (Å²) in [5.41, 5.74) is 11.6. The van der Waals surface area contributed by atoms with E-state index in [2.05, 4.69) is 11.6 Å². The fraction of sp³-hybridized carbons (Fsp3) is 0.138. The van der Waals surface area contributed by atoms with Crippen molar-refractivity contribution < 1.29 is 13.2 Å². The number of benzene rings is 3. The van der Waals surface area contributed by atoms with Crippen molar-refractivity contribution in [3.63, 3.8) is 0 Å². The van der Waals surface area contributed by atoms with Gasteiger partial charge in [-0.15, -0.1) is 0 Å². The molecule has 3 aromatic carbocycles. The van der Waals surface area contributed by atoms with E-state index < -0.39 is 10.0 Å². The number of primary sulfonamides is 1. The zero-order valence-electron chi connectivity index (χ0n) is 22.0. The van der Waals surface area contributed by atoms with Gasteiger partial charge in [0.25, 0.3) is 5.91 Å². The van der Waals surface area contributed by atoms with Crippen molar-refractivity contribution in [3.05, 3.63) is 102 Å². The number of thioether (sulfide) groups is 1. The minimum atomic E-state index is -3.89. The second kappa shape index (κ2) is 10.8. The standard InChI is InChI=1S/C29H28N6O3S2/c1-18-24-15-16-34(22-13-11-20(12-14-22)25-9-4-5-10-26(25)40(31,37)38)28(36)27(24)35(33-18)23-8-6-7-21(17-23)19(2)39-29(30)32-3/h4-14,17H,2,15-16H2,1,3H3,(H2,30,32)(H2,31,37,38). The number of carbonyl (C=O) groups excluding carboxylic acids is 1. The lowest BCUT2D eigenvalue weighted by molar-refractivity contribution is 0.0973. The molecule has 0 unspecified atom stereocenters. The molecule has 0 spiro atoms. The highest BCUT2D eigenvalue weighted by molar-refractivity contribution is 8.21. The Morgan fingerprint density at radius 3 is 2.48 bits per heavy atom. The molecule has 9 nitrogen and oxygen atoms in total. The van der Waals surface area contributed by atoms with E-state index in [-0.39, 0.29) is 10.8 Å². The van der Waals surface area contributed by atoms with Gasteiger partial charge in [0.15, 0.2) is 5.17 Å². The van der Waals surface area contributed by atoms with Gasteiger partial charge < -0.3 is 10.6 Å². The van der Waals surface area contributed by atoms with Gasteiger partial charge >= 0.3 is 0 Å². The zero-order chi connectivity index (χ0) is 28.6. The van der Waals surface area contributed by atoms with Gasteiger partial charge in [-0.3, -0.25) is 9.79 Å². The Bertz CT molecular complexity index is 1780. The molecule has 1 amide bonds. The van der Waals surface area contributed by atoms with Gasteiger partial charge in [-0.2, -0.15) is 5.10 Å². The first-order valence-corrected chi connectivity index (χ1v) is 14.8. The summed E-state index contributed by atoms with van der Waals surface area (Å²) >= 11 is 1.28. The van der Waals surface area contributed by atoms with Crippen LogP contribution in [0.5, 0.6) is 0 Å². The normalized spacial score (nSPS) is 13.8. The molecule has 0 bridgehead atoms. The monoisotopic (exact) mass is 572 g/mol. The van der Waals surface area contributed by atoms with Crippen LogP contribution in [0.4, 0.5) is 5.69 Å². The molecule has 40 heavy (non-hydrogen) atoms. The lowest BCUT2D eigenvalue weighted by Gasteiger charge is -2.28. The molecule has 0 aliphatic carbocycles. The van der Waals surface area contributed by atoms with Gasteiger partial charge in [0, 0.05) is 35.3 Å². The predicted molar refractivity (Wildman–Crippen MR) is 161 cm³/mol. The van der Waals surface area contributed by atoms with E-state index in [1.165, 1.54) is 17.8 Å². The molecule has 0 saturated carbocycles. The molecular weight excluding hydrogens is 544 g/mol. The molecule has 0 fully saturated rings. The zero-order valence-corrected chi connectivity index (χ0v) is 23.7. The van der Waals surface area contributed by atoms with E-state index in [9.17, 15) is 13.2 Å². The number of amides is 1. The van der Waals surface area contributed by atoms with E-state index in [1.54, 1.807) is 47.0 Å². The summed E-state index contributed by atoms with van der Waals surface area (Å²) in [4.78, 5) is 20.4. The number of carbonyl (C=O) groups is 1. The highest BCUT2D eigenvalue weighted by Crippen LogP contribution is 2.33. The Kier molecular flexibility index (Phi) is 7.37. The molecule has 4 N–H and O–H groups in total. The van der Waals surface area contributed by atoms with Crippen LogP contribution < -0.4 is 15.8 Å². The van der Waals surface area contributed by atoms with Crippen molar-refractivity contribution in [3.8, 4) is 16.8 Å². The molecule has 204 valence electrons. The Balaban J connectivity index is 1.47. The van der Waals surface area contributed by atoms with Gasteiger partial charge in [-0.05, 0) is 54.8 Å². The summed E-state index contributed by atoms with van der Waals surface area (Å²) in [5.74, 6) is -0.166. The van der Waals surface area contributed by atoms with Crippen molar-refractivity contribution in [2.45, 2.75) is 18.2 Å². The number of sulfonamides is 1. The number of anilines is 1. The quantitative estimate of drug-likeness (QED) is 0.260. The molecule has 0 saturated heterocycles. The predicted octanol–water partition coefficient (Wildman–Crippen LogP) is 4.35. The minimum absolute atomic E-state index is 0.0498. The fourth-order valence-corrected chi connectivity index (χ4v) is 6.13. The van der Waals surface area contributed by atoms with Crippen molar-refractivity contribution in [1.82, 2.24) is 9.78 Å². The first-order chi connectivity index (χ1) is 19.1. The molecule has 1 aromatic heterocycles. The van der Waals surface area contributed by atoms with Gasteiger partial charge in [0.2, 0.25) is 10.0 Å². The Labute approximate surface area is 237 Å². The molecule has 5 rings (SSSR count). The smallest absolute Gasteiger partial charge is 0.277 e. The number of rotatable bonds is 6. The molecule has 0 atom stereocenters. The van der Waals surface area contributed by atoms with Crippen LogP contribution in [0.3, 0.4) is 0 Å². The first-order valence-electron chi connectivity index (χ1n) is 12.4. The largest absolute Gasteiger partial charge is 0.378 e. The molecule has 1 aliphatic heterocycles. The van der Waals surface area contributed by atoms with Crippen LogP contribution >= 0.6 is 11.8 Å². The Morgan fingerprint density at radius 2 is 1.77 bits per heavy atom. The van der Waals surface area contributed by atoms with Gasteiger partial charge in [0.05, 0.1) is 16.3 Å². The third-order valence-electron chi connectivity index (χ3n) is 6.76.